The average molecular weight is 237 g/mol. The molecule has 0 saturated heterocycles. The SMILES string of the molecule is CNCC1(COc2ccc(F)cc2)CC(C)C1. The Labute approximate surface area is 102 Å². The van der Waals surface area contributed by atoms with E-state index in [4.69, 9.17) is 4.74 Å². The molecule has 1 fully saturated rings. The van der Waals surface area contributed by atoms with E-state index in [1.54, 1.807) is 12.1 Å². The Morgan fingerprint density at radius 3 is 2.53 bits per heavy atom. The number of nitrogens with one attached hydrogen (secondary N) is 1. The summed E-state index contributed by atoms with van der Waals surface area (Å²) in [6, 6.07) is 6.24. The van der Waals surface area contributed by atoms with Crippen LogP contribution < -0.4 is 10.1 Å². The second-order valence-electron chi connectivity index (χ2n) is 5.29. The van der Waals surface area contributed by atoms with Gasteiger partial charge in [0.05, 0.1) is 6.61 Å². The van der Waals surface area contributed by atoms with Crippen molar-refractivity contribution in [2.45, 2.75) is 19.8 Å². The van der Waals surface area contributed by atoms with E-state index < -0.39 is 0 Å². The van der Waals surface area contributed by atoms with Crippen LogP contribution >= 0.6 is 0 Å². The van der Waals surface area contributed by atoms with Crippen molar-refractivity contribution in [1.82, 2.24) is 5.32 Å². The number of halogens is 1. The number of rotatable bonds is 5. The number of hydrogen-bond donors (Lipinski definition) is 1. The van der Waals surface area contributed by atoms with Crippen LogP contribution in [0.2, 0.25) is 0 Å². The summed E-state index contributed by atoms with van der Waals surface area (Å²) in [6.07, 6.45) is 2.41. The molecule has 0 spiro atoms. The second kappa shape index (κ2) is 5.05. The van der Waals surface area contributed by atoms with Gasteiger partial charge in [0.2, 0.25) is 0 Å². The van der Waals surface area contributed by atoms with Crippen molar-refractivity contribution in [2.24, 2.45) is 11.3 Å². The van der Waals surface area contributed by atoms with Crippen LogP contribution in [0.15, 0.2) is 24.3 Å². The average Bonchev–Trinajstić information content (AvgIpc) is 2.27. The third kappa shape index (κ3) is 2.97. The van der Waals surface area contributed by atoms with Gasteiger partial charge in [0.15, 0.2) is 0 Å². The highest BCUT2D eigenvalue weighted by atomic mass is 19.1. The van der Waals surface area contributed by atoms with E-state index in [9.17, 15) is 4.39 Å². The topological polar surface area (TPSA) is 21.3 Å². The molecule has 0 heterocycles. The zero-order valence-corrected chi connectivity index (χ0v) is 10.5. The van der Waals surface area contributed by atoms with Crippen LogP contribution in [0.1, 0.15) is 19.8 Å². The molecule has 94 valence electrons. The van der Waals surface area contributed by atoms with Gasteiger partial charge in [0.25, 0.3) is 0 Å². The molecule has 0 bridgehead atoms. The lowest BCUT2D eigenvalue weighted by Crippen LogP contribution is -2.47. The summed E-state index contributed by atoms with van der Waals surface area (Å²) in [5.41, 5.74) is 0.266. The molecule has 3 heteroatoms. The Morgan fingerprint density at radius 2 is 2.00 bits per heavy atom. The lowest BCUT2D eigenvalue weighted by molar-refractivity contribution is 0.0149. The molecule has 1 N–H and O–H groups in total. The van der Waals surface area contributed by atoms with E-state index in [0.717, 1.165) is 18.2 Å². The molecule has 0 aromatic heterocycles. The normalized spacial score (nSPS) is 27.6. The first kappa shape index (κ1) is 12.4. The van der Waals surface area contributed by atoms with Crippen LogP contribution in [-0.4, -0.2) is 20.2 Å². The summed E-state index contributed by atoms with van der Waals surface area (Å²) in [5.74, 6) is 1.32. The van der Waals surface area contributed by atoms with E-state index in [2.05, 4.69) is 12.2 Å². The number of benzene rings is 1. The Morgan fingerprint density at radius 1 is 1.35 bits per heavy atom. The van der Waals surface area contributed by atoms with Crippen molar-refractivity contribution in [2.75, 3.05) is 20.2 Å². The van der Waals surface area contributed by atoms with E-state index in [1.165, 1.54) is 25.0 Å². The fraction of sp³-hybridized carbons (Fsp3) is 0.571. The Kier molecular flexibility index (Phi) is 3.67. The van der Waals surface area contributed by atoms with Crippen molar-refractivity contribution in [3.05, 3.63) is 30.1 Å². The number of ether oxygens (including phenoxy) is 1. The Bertz CT molecular complexity index is 351. The molecule has 1 aromatic rings. The maximum atomic E-state index is 12.7. The zero-order chi connectivity index (χ0) is 12.3. The third-order valence-corrected chi connectivity index (χ3v) is 3.47. The van der Waals surface area contributed by atoms with Crippen molar-refractivity contribution < 1.29 is 9.13 Å². The smallest absolute Gasteiger partial charge is 0.123 e. The largest absolute Gasteiger partial charge is 0.493 e. The molecule has 0 radical (unpaired) electrons. The van der Waals surface area contributed by atoms with Gasteiger partial charge in [0, 0.05) is 12.0 Å². The van der Waals surface area contributed by atoms with Crippen LogP contribution in [0.25, 0.3) is 0 Å². The summed E-state index contributed by atoms with van der Waals surface area (Å²) in [4.78, 5) is 0. The highest BCUT2D eigenvalue weighted by Crippen LogP contribution is 2.45. The fourth-order valence-electron chi connectivity index (χ4n) is 2.87. The van der Waals surface area contributed by atoms with Crippen LogP contribution in [0, 0.1) is 17.2 Å². The van der Waals surface area contributed by atoms with E-state index >= 15 is 0 Å². The molecule has 2 rings (SSSR count). The first-order valence-corrected chi connectivity index (χ1v) is 6.16. The second-order valence-corrected chi connectivity index (χ2v) is 5.29. The van der Waals surface area contributed by atoms with Gasteiger partial charge in [-0.2, -0.15) is 0 Å². The van der Waals surface area contributed by atoms with Crippen LogP contribution in [0.5, 0.6) is 5.75 Å². The molecule has 1 aliphatic rings. The van der Waals surface area contributed by atoms with E-state index in [0.29, 0.717) is 6.61 Å². The molecular weight excluding hydrogens is 217 g/mol. The van der Waals surface area contributed by atoms with Crippen molar-refractivity contribution in [3.63, 3.8) is 0 Å². The van der Waals surface area contributed by atoms with E-state index in [-0.39, 0.29) is 11.2 Å². The third-order valence-electron chi connectivity index (χ3n) is 3.47. The molecular formula is C14H20FNO. The maximum Gasteiger partial charge on any atom is 0.123 e. The van der Waals surface area contributed by atoms with Crippen molar-refractivity contribution in [3.8, 4) is 5.75 Å². The first-order valence-electron chi connectivity index (χ1n) is 6.16. The summed E-state index contributed by atoms with van der Waals surface area (Å²) < 4.78 is 18.5. The minimum atomic E-state index is -0.223. The molecule has 1 aliphatic carbocycles. The highest BCUT2D eigenvalue weighted by Gasteiger charge is 2.42. The minimum Gasteiger partial charge on any atom is -0.493 e. The first-order chi connectivity index (χ1) is 8.13. The van der Waals surface area contributed by atoms with Crippen LogP contribution in [-0.2, 0) is 0 Å². The zero-order valence-electron chi connectivity index (χ0n) is 10.5. The molecule has 2 nitrogen and oxygen atoms in total. The standard InChI is InChI=1S/C14H20FNO/c1-11-7-14(8-11,9-16-2)10-17-13-5-3-12(15)4-6-13/h3-6,11,16H,7-10H2,1-2H3. The molecule has 17 heavy (non-hydrogen) atoms. The Balaban J connectivity index is 1.89. The molecule has 0 atom stereocenters. The van der Waals surface area contributed by atoms with Crippen LogP contribution in [0.4, 0.5) is 4.39 Å². The summed E-state index contributed by atoms with van der Waals surface area (Å²) in [6.45, 7) is 3.97. The summed E-state index contributed by atoms with van der Waals surface area (Å²) in [5, 5.41) is 3.24. The van der Waals surface area contributed by atoms with Gasteiger partial charge in [-0.15, -0.1) is 0 Å². The molecule has 0 aliphatic heterocycles. The monoisotopic (exact) mass is 237 g/mol. The quantitative estimate of drug-likeness (QED) is 0.850. The minimum absolute atomic E-state index is 0.223. The fourth-order valence-corrected chi connectivity index (χ4v) is 2.87. The predicted molar refractivity (Wildman–Crippen MR) is 66.7 cm³/mol. The Hall–Kier alpha value is -1.09. The molecule has 1 saturated carbocycles. The molecule has 0 unspecified atom stereocenters. The lowest BCUT2D eigenvalue weighted by Gasteiger charge is -2.46. The van der Waals surface area contributed by atoms with Gasteiger partial charge in [-0.25, -0.2) is 4.39 Å². The van der Waals surface area contributed by atoms with Crippen molar-refractivity contribution >= 4 is 0 Å². The van der Waals surface area contributed by atoms with Gasteiger partial charge < -0.3 is 10.1 Å². The predicted octanol–water partition coefficient (Wildman–Crippen LogP) is 2.84. The van der Waals surface area contributed by atoms with Gasteiger partial charge >= 0.3 is 0 Å². The van der Waals surface area contributed by atoms with Crippen molar-refractivity contribution in [1.29, 1.82) is 0 Å². The molecule has 0 amide bonds. The van der Waals surface area contributed by atoms with Gasteiger partial charge in [0.1, 0.15) is 11.6 Å². The lowest BCUT2D eigenvalue weighted by atomic mass is 9.63. The maximum absolute atomic E-state index is 12.7. The highest BCUT2D eigenvalue weighted by molar-refractivity contribution is 5.22. The summed E-state index contributed by atoms with van der Waals surface area (Å²) >= 11 is 0. The summed E-state index contributed by atoms with van der Waals surface area (Å²) in [7, 11) is 1.97. The number of hydrogen-bond acceptors (Lipinski definition) is 2. The van der Waals surface area contributed by atoms with E-state index in [1.807, 2.05) is 7.05 Å². The van der Waals surface area contributed by atoms with Gasteiger partial charge in [-0.1, -0.05) is 6.92 Å². The van der Waals surface area contributed by atoms with Gasteiger partial charge in [-0.05, 0) is 50.1 Å². The molecule has 1 aromatic carbocycles. The van der Waals surface area contributed by atoms with Crippen LogP contribution in [0.3, 0.4) is 0 Å². The van der Waals surface area contributed by atoms with Gasteiger partial charge in [-0.3, -0.25) is 0 Å².